The highest BCUT2D eigenvalue weighted by Gasteiger charge is 2.37. The summed E-state index contributed by atoms with van der Waals surface area (Å²) in [6, 6.07) is 4.36. The van der Waals surface area contributed by atoms with Crippen molar-refractivity contribution in [3.05, 3.63) is 47.2 Å². The Hall–Kier alpha value is -1.78. The van der Waals surface area contributed by atoms with Gasteiger partial charge in [0, 0.05) is 24.5 Å². The lowest BCUT2D eigenvalue weighted by atomic mass is 9.74. The second-order valence-corrected chi connectivity index (χ2v) is 7.88. The van der Waals surface area contributed by atoms with Gasteiger partial charge in [0.2, 0.25) is 0 Å². The molecule has 1 aromatic rings. The Kier molecular flexibility index (Phi) is 7.57. The molecular formula is C24H34O4. The van der Waals surface area contributed by atoms with E-state index in [1.807, 2.05) is 0 Å². The van der Waals surface area contributed by atoms with Crippen molar-refractivity contribution in [3.63, 3.8) is 0 Å². The maximum Gasteiger partial charge on any atom is 0.189 e. The summed E-state index contributed by atoms with van der Waals surface area (Å²) in [5.41, 5.74) is 3.82. The molecule has 0 unspecified atom stereocenters. The van der Waals surface area contributed by atoms with E-state index in [-0.39, 0.29) is 12.7 Å². The number of aryl methyl sites for hydroxylation is 1. The molecule has 3 rings (SSSR count). The van der Waals surface area contributed by atoms with E-state index < -0.39 is 0 Å². The van der Waals surface area contributed by atoms with E-state index in [0.29, 0.717) is 19.1 Å². The van der Waals surface area contributed by atoms with Gasteiger partial charge in [-0.05, 0) is 50.3 Å². The predicted molar refractivity (Wildman–Crippen MR) is 112 cm³/mol. The van der Waals surface area contributed by atoms with Crippen molar-refractivity contribution in [1.82, 2.24) is 0 Å². The van der Waals surface area contributed by atoms with E-state index in [1.165, 1.54) is 30.4 Å². The van der Waals surface area contributed by atoms with Crippen LogP contribution in [-0.4, -0.2) is 27.1 Å². The molecule has 2 aliphatic rings. The molecule has 0 N–H and O–H groups in total. The number of rotatable bonds is 10. The zero-order chi connectivity index (χ0) is 19.9. The summed E-state index contributed by atoms with van der Waals surface area (Å²) in [4.78, 5) is 0. The molecule has 4 heteroatoms. The molecule has 0 fully saturated rings. The third-order valence-electron chi connectivity index (χ3n) is 5.70. The van der Waals surface area contributed by atoms with Crippen molar-refractivity contribution < 1.29 is 18.9 Å². The highest BCUT2D eigenvalue weighted by molar-refractivity contribution is 5.55. The lowest BCUT2D eigenvalue weighted by Gasteiger charge is -2.37. The molecule has 1 aromatic carbocycles. The molecule has 0 radical (unpaired) electrons. The van der Waals surface area contributed by atoms with E-state index >= 15 is 0 Å². The number of methoxy groups -OCH3 is 1. The highest BCUT2D eigenvalue weighted by atomic mass is 16.7. The Labute approximate surface area is 169 Å². The second kappa shape index (κ2) is 10.1. The van der Waals surface area contributed by atoms with Crippen LogP contribution in [0.15, 0.2) is 36.1 Å². The minimum Gasteiger partial charge on any atom is -0.467 e. The summed E-state index contributed by atoms with van der Waals surface area (Å²) in [5, 5.41) is 0. The van der Waals surface area contributed by atoms with Crippen LogP contribution in [0.2, 0.25) is 0 Å². The van der Waals surface area contributed by atoms with Gasteiger partial charge in [-0.15, -0.1) is 0 Å². The first-order chi connectivity index (χ1) is 13.6. The van der Waals surface area contributed by atoms with Crippen molar-refractivity contribution in [2.45, 2.75) is 58.3 Å². The molecule has 2 atom stereocenters. The number of hydrogen-bond donors (Lipinski definition) is 0. The van der Waals surface area contributed by atoms with Crippen molar-refractivity contribution in [3.8, 4) is 11.5 Å². The Morgan fingerprint density at radius 3 is 2.86 bits per heavy atom. The monoisotopic (exact) mass is 386 g/mol. The van der Waals surface area contributed by atoms with Crippen LogP contribution in [0.5, 0.6) is 11.5 Å². The third-order valence-corrected chi connectivity index (χ3v) is 5.70. The second-order valence-electron chi connectivity index (χ2n) is 7.88. The average Bonchev–Trinajstić information content (AvgIpc) is 2.67. The zero-order valence-corrected chi connectivity index (χ0v) is 17.6. The minimum atomic E-state index is 0.218. The topological polar surface area (TPSA) is 36.9 Å². The van der Waals surface area contributed by atoms with Gasteiger partial charge in [-0.25, -0.2) is 0 Å². The molecule has 154 valence electrons. The van der Waals surface area contributed by atoms with Gasteiger partial charge in [0.25, 0.3) is 0 Å². The predicted octanol–water partition coefficient (Wildman–Crippen LogP) is 5.76. The lowest BCUT2D eigenvalue weighted by Crippen LogP contribution is -2.26. The molecule has 0 bridgehead atoms. The first kappa shape index (κ1) is 20.9. The first-order valence-electron chi connectivity index (χ1n) is 10.5. The SMILES string of the molecule is C=C1Oc2cc(CCCCC)cc(OCOCCOC)c2[C@@H]2C=C(C)CC[C@@H]12. The summed E-state index contributed by atoms with van der Waals surface area (Å²) in [6.45, 7) is 9.96. The van der Waals surface area contributed by atoms with Crippen LogP contribution in [-0.2, 0) is 15.9 Å². The van der Waals surface area contributed by atoms with Crippen molar-refractivity contribution in [2.75, 3.05) is 27.1 Å². The number of benzene rings is 1. The van der Waals surface area contributed by atoms with Crippen LogP contribution in [0.25, 0.3) is 0 Å². The van der Waals surface area contributed by atoms with Gasteiger partial charge in [0.05, 0.1) is 13.2 Å². The van der Waals surface area contributed by atoms with E-state index in [0.717, 1.165) is 42.1 Å². The number of unbranched alkanes of at least 4 members (excludes halogenated alkanes) is 2. The molecule has 0 saturated carbocycles. The van der Waals surface area contributed by atoms with Gasteiger partial charge in [-0.3, -0.25) is 0 Å². The van der Waals surface area contributed by atoms with E-state index in [1.54, 1.807) is 7.11 Å². The van der Waals surface area contributed by atoms with Gasteiger partial charge in [0.1, 0.15) is 17.3 Å². The largest absolute Gasteiger partial charge is 0.467 e. The minimum absolute atomic E-state index is 0.218. The summed E-state index contributed by atoms with van der Waals surface area (Å²) in [6.07, 6.45) is 9.19. The van der Waals surface area contributed by atoms with Gasteiger partial charge in [0.15, 0.2) is 6.79 Å². The smallest absolute Gasteiger partial charge is 0.189 e. The molecule has 28 heavy (non-hydrogen) atoms. The first-order valence-corrected chi connectivity index (χ1v) is 10.5. The maximum atomic E-state index is 6.20. The summed E-state index contributed by atoms with van der Waals surface area (Å²) < 4.78 is 22.9. The average molecular weight is 387 g/mol. The molecule has 1 aliphatic carbocycles. The molecule has 0 saturated heterocycles. The van der Waals surface area contributed by atoms with Crippen LogP contribution >= 0.6 is 0 Å². The molecule has 0 aromatic heterocycles. The van der Waals surface area contributed by atoms with Crippen molar-refractivity contribution in [1.29, 1.82) is 0 Å². The molecule has 1 heterocycles. The molecule has 0 spiro atoms. The Morgan fingerprint density at radius 2 is 2.07 bits per heavy atom. The molecule has 0 amide bonds. The van der Waals surface area contributed by atoms with Crippen molar-refractivity contribution in [2.24, 2.45) is 5.92 Å². The zero-order valence-electron chi connectivity index (χ0n) is 17.6. The maximum absolute atomic E-state index is 6.20. The van der Waals surface area contributed by atoms with Crippen LogP contribution in [0.4, 0.5) is 0 Å². The van der Waals surface area contributed by atoms with Crippen LogP contribution < -0.4 is 9.47 Å². The third kappa shape index (κ3) is 4.98. The fraction of sp³-hybridized carbons (Fsp3) is 0.583. The van der Waals surface area contributed by atoms with Gasteiger partial charge < -0.3 is 18.9 Å². The fourth-order valence-corrected chi connectivity index (χ4v) is 4.15. The van der Waals surface area contributed by atoms with Crippen LogP contribution in [0.1, 0.15) is 63.0 Å². The molecule has 1 aliphatic heterocycles. The van der Waals surface area contributed by atoms with Crippen LogP contribution in [0.3, 0.4) is 0 Å². The van der Waals surface area contributed by atoms with Gasteiger partial charge in [-0.2, -0.15) is 0 Å². The lowest BCUT2D eigenvalue weighted by molar-refractivity contribution is -0.00931. The van der Waals surface area contributed by atoms with E-state index in [9.17, 15) is 0 Å². The quantitative estimate of drug-likeness (QED) is 0.291. The number of ether oxygens (including phenoxy) is 4. The molecular weight excluding hydrogens is 352 g/mol. The van der Waals surface area contributed by atoms with E-state index in [2.05, 4.69) is 38.6 Å². The van der Waals surface area contributed by atoms with Crippen LogP contribution in [0, 0.1) is 5.92 Å². The summed E-state index contributed by atoms with van der Waals surface area (Å²) in [5.74, 6) is 3.25. The Balaban J connectivity index is 1.88. The molecule has 4 nitrogen and oxygen atoms in total. The highest BCUT2D eigenvalue weighted by Crippen LogP contribution is 2.51. The number of fused-ring (bicyclic) bond motifs is 3. The summed E-state index contributed by atoms with van der Waals surface area (Å²) in [7, 11) is 1.67. The standard InChI is InChI=1S/C24H34O4/c1-5-6-7-8-19-14-22(27-16-26-12-11-25-4)24-21-13-17(2)9-10-20(21)18(3)28-23(24)15-19/h13-15,20-21H,3,5-12,16H2,1-2,4H3/t20-,21+/m0/s1. The summed E-state index contributed by atoms with van der Waals surface area (Å²) >= 11 is 0. The van der Waals surface area contributed by atoms with Crippen molar-refractivity contribution >= 4 is 0 Å². The van der Waals surface area contributed by atoms with E-state index in [4.69, 9.17) is 18.9 Å². The Morgan fingerprint density at radius 1 is 1.21 bits per heavy atom. The van der Waals surface area contributed by atoms with Gasteiger partial charge in [-0.1, -0.05) is 38.0 Å². The van der Waals surface area contributed by atoms with Gasteiger partial charge >= 0.3 is 0 Å². The normalized spacial score (nSPS) is 20.8. The number of allylic oxidation sites excluding steroid dienone is 3. The fourth-order valence-electron chi connectivity index (χ4n) is 4.15. The number of hydrogen-bond acceptors (Lipinski definition) is 4. The Bertz CT molecular complexity index is 707.